The molecule has 2 aromatic carbocycles. The fourth-order valence-corrected chi connectivity index (χ4v) is 4.14. The maximum atomic E-state index is 5.88. The van der Waals surface area contributed by atoms with E-state index in [4.69, 9.17) is 16.3 Å². The van der Waals surface area contributed by atoms with Crippen LogP contribution in [0.3, 0.4) is 0 Å². The third-order valence-corrected chi connectivity index (χ3v) is 5.74. The number of fused-ring (bicyclic) bond motifs is 1. The lowest BCUT2D eigenvalue weighted by atomic mass is 10.2. The second-order valence-electron chi connectivity index (χ2n) is 5.53. The van der Waals surface area contributed by atoms with E-state index in [1.165, 1.54) is 16.9 Å². The second kappa shape index (κ2) is 8.07. The van der Waals surface area contributed by atoms with Crippen molar-refractivity contribution in [1.82, 2.24) is 19.8 Å². The highest BCUT2D eigenvalue weighted by Crippen LogP contribution is 2.21. The van der Waals surface area contributed by atoms with E-state index in [0.29, 0.717) is 11.6 Å². The van der Waals surface area contributed by atoms with Crippen LogP contribution in [-0.2, 0) is 18.1 Å². The Hall–Kier alpha value is -2.09. The van der Waals surface area contributed by atoms with Crippen LogP contribution in [0.4, 0.5) is 0 Å². The van der Waals surface area contributed by atoms with Crippen LogP contribution >= 0.6 is 34.7 Å². The second-order valence-corrected chi connectivity index (χ2v) is 7.99. The van der Waals surface area contributed by atoms with Gasteiger partial charge in [-0.3, -0.25) is 0 Å². The first-order valence-electron chi connectivity index (χ1n) is 7.98. The van der Waals surface area contributed by atoms with Gasteiger partial charge in [0.05, 0.1) is 5.75 Å². The Kier molecular flexibility index (Phi) is 5.38. The zero-order valence-corrected chi connectivity index (χ0v) is 16.1. The largest absolute Gasteiger partial charge is 0.486 e. The molecule has 0 aliphatic heterocycles. The Morgan fingerprint density at radius 3 is 2.62 bits per heavy atom. The lowest BCUT2D eigenvalue weighted by Gasteiger charge is -2.03. The standard InChI is InChI=1S/C18H15ClN4OS2/c19-14-6-8-15(9-7-14)24-10-17-22-23-16(20-21-18(23)26-17)12-25-11-13-4-2-1-3-5-13/h1-9H,10-12H2. The number of hydrogen-bond donors (Lipinski definition) is 0. The molecule has 0 bridgehead atoms. The van der Waals surface area contributed by atoms with Crippen LogP contribution in [0, 0.1) is 0 Å². The van der Waals surface area contributed by atoms with Crippen molar-refractivity contribution in [2.24, 2.45) is 0 Å². The number of halogens is 1. The molecule has 0 fully saturated rings. The minimum Gasteiger partial charge on any atom is -0.486 e. The summed E-state index contributed by atoms with van der Waals surface area (Å²) in [5.41, 5.74) is 1.30. The molecular weight excluding hydrogens is 388 g/mol. The van der Waals surface area contributed by atoms with Crippen molar-refractivity contribution >= 4 is 39.7 Å². The highest BCUT2D eigenvalue weighted by Gasteiger charge is 2.12. The van der Waals surface area contributed by atoms with Crippen molar-refractivity contribution in [1.29, 1.82) is 0 Å². The summed E-state index contributed by atoms with van der Waals surface area (Å²) in [7, 11) is 0. The molecular formula is C18H15ClN4OS2. The van der Waals surface area contributed by atoms with E-state index in [1.54, 1.807) is 23.9 Å². The molecule has 5 nitrogen and oxygen atoms in total. The summed E-state index contributed by atoms with van der Waals surface area (Å²) in [6.07, 6.45) is 0. The van der Waals surface area contributed by atoms with Crippen molar-refractivity contribution in [3.8, 4) is 5.75 Å². The first-order valence-corrected chi connectivity index (χ1v) is 10.3. The molecule has 2 heterocycles. The number of rotatable bonds is 7. The van der Waals surface area contributed by atoms with E-state index in [-0.39, 0.29) is 0 Å². The lowest BCUT2D eigenvalue weighted by molar-refractivity contribution is 0.304. The zero-order chi connectivity index (χ0) is 17.8. The summed E-state index contributed by atoms with van der Waals surface area (Å²) in [4.78, 5) is 0.787. The summed E-state index contributed by atoms with van der Waals surface area (Å²) >= 11 is 9.16. The number of hydrogen-bond acceptors (Lipinski definition) is 6. The fraction of sp³-hybridized carbons (Fsp3) is 0.167. The summed E-state index contributed by atoms with van der Waals surface area (Å²) < 4.78 is 7.56. The lowest BCUT2D eigenvalue weighted by Crippen LogP contribution is -1.99. The first kappa shape index (κ1) is 17.3. The third-order valence-electron chi connectivity index (χ3n) is 3.62. The van der Waals surface area contributed by atoms with Crippen molar-refractivity contribution in [2.45, 2.75) is 18.1 Å². The van der Waals surface area contributed by atoms with Gasteiger partial charge in [0.2, 0.25) is 4.96 Å². The fourth-order valence-electron chi connectivity index (χ4n) is 2.36. The number of thioether (sulfide) groups is 1. The van der Waals surface area contributed by atoms with Gasteiger partial charge in [0, 0.05) is 10.8 Å². The quantitative estimate of drug-likeness (QED) is 0.442. The Morgan fingerprint density at radius 2 is 1.81 bits per heavy atom. The smallest absolute Gasteiger partial charge is 0.234 e. The number of nitrogens with zero attached hydrogens (tertiary/aromatic N) is 4. The molecule has 8 heteroatoms. The van der Waals surface area contributed by atoms with Crippen LogP contribution in [0.15, 0.2) is 54.6 Å². The average Bonchev–Trinajstić information content (AvgIpc) is 3.23. The highest BCUT2D eigenvalue weighted by atomic mass is 35.5. The zero-order valence-electron chi connectivity index (χ0n) is 13.7. The van der Waals surface area contributed by atoms with Crippen LogP contribution in [0.2, 0.25) is 5.02 Å². The van der Waals surface area contributed by atoms with Gasteiger partial charge in [0.15, 0.2) is 10.8 Å². The van der Waals surface area contributed by atoms with Crippen molar-refractivity contribution in [2.75, 3.05) is 0 Å². The monoisotopic (exact) mass is 402 g/mol. The van der Waals surface area contributed by atoms with Gasteiger partial charge in [-0.2, -0.15) is 9.61 Å². The van der Waals surface area contributed by atoms with E-state index in [9.17, 15) is 0 Å². The molecule has 0 atom stereocenters. The maximum Gasteiger partial charge on any atom is 0.234 e. The molecule has 0 amide bonds. The van der Waals surface area contributed by atoms with E-state index in [1.807, 2.05) is 22.7 Å². The Labute approximate surface area is 164 Å². The molecule has 0 spiro atoms. The van der Waals surface area contributed by atoms with Gasteiger partial charge in [0.25, 0.3) is 0 Å². The number of ether oxygens (including phenoxy) is 1. The Morgan fingerprint density at radius 1 is 1.00 bits per heavy atom. The van der Waals surface area contributed by atoms with Crippen molar-refractivity contribution in [3.63, 3.8) is 0 Å². The summed E-state index contributed by atoms with van der Waals surface area (Å²) in [5.74, 6) is 3.32. The summed E-state index contributed by atoms with van der Waals surface area (Å²) in [6, 6.07) is 17.7. The molecule has 0 saturated carbocycles. The molecule has 4 rings (SSSR count). The average molecular weight is 403 g/mol. The predicted molar refractivity (Wildman–Crippen MR) is 106 cm³/mol. The van der Waals surface area contributed by atoms with Crippen LogP contribution in [0.5, 0.6) is 5.75 Å². The van der Waals surface area contributed by atoms with E-state index in [0.717, 1.165) is 33.0 Å². The number of aromatic nitrogens is 4. The van der Waals surface area contributed by atoms with Crippen LogP contribution < -0.4 is 4.74 Å². The maximum absolute atomic E-state index is 5.88. The normalized spacial score (nSPS) is 11.1. The van der Waals surface area contributed by atoms with Crippen molar-refractivity contribution < 1.29 is 4.74 Å². The minimum atomic E-state index is 0.395. The van der Waals surface area contributed by atoms with E-state index >= 15 is 0 Å². The van der Waals surface area contributed by atoms with Gasteiger partial charge in [-0.05, 0) is 29.8 Å². The topological polar surface area (TPSA) is 52.3 Å². The molecule has 132 valence electrons. The van der Waals surface area contributed by atoms with Gasteiger partial charge in [-0.25, -0.2) is 0 Å². The van der Waals surface area contributed by atoms with E-state index in [2.05, 4.69) is 39.6 Å². The van der Waals surface area contributed by atoms with Gasteiger partial charge in [0.1, 0.15) is 12.4 Å². The molecule has 0 saturated heterocycles. The SMILES string of the molecule is Clc1ccc(OCc2nn3c(CSCc4ccccc4)nnc3s2)cc1. The van der Waals surface area contributed by atoms with Crippen LogP contribution in [-0.4, -0.2) is 19.8 Å². The molecule has 0 unspecified atom stereocenters. The predicted octanol–water partition coefficient (Wildman–Crippen LogP) is 4.85. The summed E-state index contributed by atoms with van der Waals surface area (Å²) in [5, 5.41) is 14.6. The van der Waals surface area contributed by atoms with Crippen molar-refractivity contribution in [3.05, 3.63) is 76.0 Å². The van der Waals surface area contributed by atoms with Gasteiger partial charge in [-0.15, -0.1) is 22.0 Å². The molecule has 0 N–H and O–H groups in total. The molecule has 26 heavy (non-hydrogen) atoms. The Bertz CT molecular complexity index is 986. The highest BCUT2D eigenvalue weighted by molar-refractivity contribution is 7.97. The van der Waals surface area contributed by atoms with E-state index < -0.39 is 0 Å². The minimum absolute atomic E-state index is 0.395. The summed E-state index contributed by atoms with van der Waals surface area (Å²) in [6.45, 7) is 0.395. The number of benzene rings is 2. The van der Waals surface area contributed by atoms with Gasteiger partial charge < -0.3 is 4.74 Å². The third kappa shape index (κ3) is 4.17. The molecule has 4 aromatic rings. The van der Waals surface area contributed by atoms with Gasteiger partial charge >= 0.3 is 0 Å². The molecule has 2 aromatic heterocycles. The Balaban J connectivity index is 1.37. The molecule has 0 aliphatic carbocycles. The van der Waals surface area contributed by atoms with Gasteiger partial charge in [-0.1, -0.05) is 53.3 Å². The van der Waals surface area contributed by atoms with Crippen LogP contribution in [0.1, 0.15) is 16.4 Å². The molecule has 0 radical (unpaired) electrons. The van der Waals surface area contributed by atoms with Crippen LogP contribution in [0.25, 0.3) is 4.96 Å². The first-order chi connectivity index (χ1) is 12.8. The molecule has 0 aliphatic rings.